The molecule has 21 heavy (non-hydrogen) atoms. The van der Waals surface area contributed by atoms with Crippen LogP contribution < -0.4 is 10.0 Å². The number of hydrogen-bond donors (Lipinski definition) is 2. The number of hydrogen-bond acceptors (Lipinski definition) is 4. The van der Waals surface area contributed by atoms with Gasteiger partial charge in [0.25, 0.3) is 0 Å². The minimum absolute atomic E-state index is 0.233. The molecular formula is C14H23ClN2O3S. The van der Waals surface area contributed by atoms with Crippen LogP contribution in [0, 0.1) is 6.92 Å². The van der Waals surface area contributed by atoms with Gasteiger partial charge >= 0.3 is 0 Å². The molecule has 1 aromatic carbocycles. The van der Waals surface area contributed by atoms with Crippen LogP contribution in [-0.2, 0) is 21.3 Å². The summed E-state index contributed by atoms with van der Waals surface area (Å²) in [5, 5.41) is 3.42. The zero-order valence-corrected chi connectivity index (χ0v) is 14.3. The molecule has 0 bridgehead atoms. The van der Waals surface area contributed by atoms with E-state index in [-0.39, 0.29) is 4.90 Å². The van der Waals surface area contributed by atoms with Gasteiger partial charge in [0.15, 0.2) is 0 Å². The fraction of sp³-hybridized carbons (Fsp3) is 0.571. The predicted molar refractivity (Wildman–Crippen MR) is 85.3 cm³/mol. The van der Waals surface area contributed by atoms with Gasteiger partial charge in [-0.15, -0.1) is 0 Å². The van der Waals surface area contributed by atoms with Crippen molar-refractivity contribution in [3.8, 4) is 0 Å². The van der Waals surface area contributed by atoms with Crippen LogP contribution in [0.2, 0.25) is 5.02 Å². The minimum Gasteiger partial charge on any atom is -0.382 e. The van der Waals surface area contributed by atoms with Crippen molar-refractivity contribution in [2.24, 2.45) is 0 Å². The molecule has 120 valence electrons. The van der Waals surface area contributed by atoms with Crippen molar-refractivity contribution in [1.82, 2.24) is 10.0 Å². The zero-order chi connectivity index (χ0) is 15.9. The maximum Gasteiger partial charge on any atom is 0.240 e. The summed E-state index contributed by atoms with van der Waals surface area (Å²) in [7, 11) is -1.75. The topological polar surface area (TPSA) is 67.4 Å². The lowest BCUT2D eigenvalue weighted by molar-refractivity contribution is 0.146. The number of sulfonamides is 1. The van der Waals surface area contributed by atoms with Crippen LogP contribution in [0.3, 0.4) is 0 Å². The van der Waals surface area contributed by atoms with Crippen molar-refractivity contribution in [3.63, 3.8) is 0 Å². The van der Waals surface area contributed by atoms with Crippen molar-refractivity contribution < 1.29 is 13.2 Å². The van der Waals surface area contributed by atoms with Gasteiger partial charge in [-0.2, -0.15) is 0 Å². The second kappa shape index (κ2) is 8.70. The molecule has 0 atom stereocenters. The Morgan fingerprint density at radius 2 is 2.05 bits per heavy atom. The lowest BCUT2D eigenvalue weighted by Crippen LogP contribution is -2.26. The first kappa shape index (κ1) is 18.4. The van der Waals surface area contributed by atoms with Crippen LogP contribution in [0.1, 0.15) is 24.5 Å². The standard InChI is InChI=1S/C14H23ClN2O3S/c1-4-20-7-5-6-17-21(18,19)14-9-13(15)8-12(10-16-3)11(14)2/h8-9,16-17H,4-7,10H2,1-3H3. The molecule has 0 heterocycles. The Bertz CT molecular complexity index is 562. The van der Waals surface area contributed by atoms with Crippen LogP contribution >= 0.6 is 11.6 Å². The first-order chi connectivity index (χ1) is 9.92. The molecule has 0 saturated heterocycles. The summed E-state index contributed by atoms with van der Waals surface area (Å²) in [5.41, 5.74) is 1.59. The largest absolute Gasteiger partial charge is 0.382 e. The van der Waals surface area contributed by atoms with E-state index in [0.29, 0.717) is 43.3 Å². The Labute approximate surface area is 132 Å². The molecule has 0 aromatic heterocycles. The summed E-state index contributed by atoms with van der Waals surface area (Å²) < 4.78 is 32.5. The average molecular weight is 335 g/mol. The molecule has 5 nitrogen and oxygen atoms in total. The number of nitrogens with one attached hydrogen (secondary N) is 2. The number of ether oxygens (including phenoxy) is 1. The van der Waals surface area contributed by atoms with E-state index in [1.807, 2.05) is 6.92 Å². The third kappa shape index (κ3) is 5.56. The van der Waals surface area contributed by atoms with Gasteiger partial charge in [0.05, 0.1) is 4.90 Å². The van der Waals surface area contributed by atoms with E-state index in [2.05, 4.69) is 10.0 Å². The van der Waals surface area contributed by atoms with E-state index in [4.69, 9.17) is 16.3 Å². The van der Waals surface area contributed by atoms with Crippen LogP contribution in [0.5, 0.6) is 0 Å². The van der Waals surface area contributed by atoms with Crippen molar-refractivity contribution in [1.29, 1.82) is 0 Å². The van der Waals surface area contributed by atoms with Crippen molar-refractivity contribution in [3.05, 3.63) is 28.3 Å². The lowest BCUT2D eigenvalue weighted by atomic mass is 10.1. The Balaban J connectivity index is 2.87. The van der Waals surface area contributed by atoms with E-state index in [1.165, 1.54) is 6.07 Å². The molecule has 0 aliphatic carbocycles. The van der Waals surface area contributed by atoms with Gasteiger partial charge in [0.1, 0.15) is 0 Å². The lowest BCUT2D eigenvalue weighted by Gasteiger charge is -2.13. The number of halogens is 1. The molecule has 1 aromatic rings. The highest BCUT2D eigenvalue weighted by Crippen LogP contribution is 2.24. The summed E-state index contributed by atoms with van der Waals surface area (Å²) >= 11 is 6.03. The van der Waals surface area contributed by atoms with Crippen LogP contribution in [-0.4, -0.2) is 35.2 Å². The van der Waals surface area contributed by atoms with Gasteiger partial charge in [-0.05, 0) is 50.6 Å². The summed E-state index contributed by atoms with van der Waals surface area (Å²) in [6.07, 6.45) is 0.635. The van der Waals surface area contributed by atoms with Gasteiger partial charge in [0.2, 0.25) is 10.0 Å². The Kier molecular flexibility index (Phi) is 7.62. The van der Waals surface area contributed by atoms with E-state index in [1.54, 1.807) is 20.0 Å². The molecule has 0 fully saturated rings. The van der Waals surface area contributed by atoms with Gasteiger partial charge in [-0.1, -0.05) is 11.6 Å². The van der Waals surface area contributed by atoms with Gasteiger partial charge in [-0.3, -0.25) is 0 Å². The smallest absolute Gasteiger partial charge is 0.240 e. The molecule has 0 saturated carbocycles. The van der Waals surface area contributed by atoms with Crippen molar-refractivity contribution >= 4 is 21.6 Å². The summed E-state index contributed by atoms with van der Waals surface area (Å²) in [4.78, 5) is 0.233. The molecular weight excluding hydrogens is 312 g/mol. The summed E-state index contributed by atoms with van der Waals surface area (Å²) in [5.74, 6) is 0. The molecule has 0 unspecified atom stereocenters. The monoisotopic (exact) mass is 334 g/mol. The Morgan fingerprint density at radius 1 is 1.33 bits per heavy atom. The average Bonchev–Trinajstić information content (AvgIpc) is 2.42. The molecule has 0 aliphatic rings. The second-order valence-electron chi connectivity index (χ2n) is 4.67. The SMILES string of the molecule is CCOCCCNS(=O)(=O)c1cc(Cl)cc(CNC)c1C. The molecule has 7 heteroatoms. The maximum atomic E-state index is 12.4. The third-order valence-electron chi connectivity index (χ3n) is 3.05. The summed E-state index contributed by atoms with van der Waals surface area (Å²) in [6, 6.07) is 3.27. The number of rotatable bonds is 9. The van der Waals surface area contributed by atoms with Crippen LogP contribution in [0.4, 0.5) is 0 Å². The van der Waals surface area contributed by atoms with Crippen molar-refractivity contribution in [2.45, 2.75) is 31.7 Å². The van der Waals surface area contributed by atoms with E-state index >= 15 is 0 Å². The highest BCUT2D eigenvalue weighted by Gasteiger charge is 2.19. The summed E-state index contributed by atoms with van der Waals surface area (Å²) in [6.45, 7) is 5.78. The molecule has 1 rings (SSSR count). The van der Waals surface area contributed by atoms with Gasteiger partial charge in [0, 0.05) is 31.3 Å². The van der Waals surface area contributed by atoms with Gasteiger partial charge < -0.3 is 10.1 Å². The quantitative estimate of drug-likeness (QED) is 0.678. The number of benzene rings is 1. The molecule has 0 amide bonds. The molecule has 0 radical (unpaired) electrons. The third-order valence-corrected chi connectivity index (χ3v) is 4.86. The normalized spacial score (nSPS) is 11.8. The van der Waals surface area contributed by atoms with Gasteiger partial charge in [-0.25, -0.2) is 13.1 Å². The van der Waals surface area contributed by atoms with Crippen LogP contribution in [0.25, 0.3) is 0 Å². The van der Waals surface area contributed by atoms with E-state index in [0.717, 1.165) is 5.56 Å². The molecule has 0 aliphatic heterocycles. The Morgan fingerprint density at radius 3 is 2.67 bits per heavy atom. The fourth-order valence-corrected chi connectivity index (χ4v) is 3.65. The van der Waals surface area contributed by atoms with Crippen molar-refractivity contribution in [2.75, 3.05) is 26.8 Å². The predicted octanol–water partition coefficient (Wildman–Crippen LogP) is 2.07. The fourth-order valence-electron chi connectivity index (χ4n) is 1.96. The molecule has 2 N–H and O–H groups in total. The first-order valence-corrected chi connectivity index (χ1v) is 8.79. The van der Waals surface area contributed by atoms with Crippen LogP contribution in [0.15, 0.2) is 17.0 Å². The first-order valence-electron chi connectivity index (χ1n) is 6.93. The highest BCUT2D eigenvalue weighted by atomic mass is 35.5. The highest BCUT2D eigenvalue weighted by molar-refractivity contribution is 7.89. The molecule has 0 spiro atoms. The maximum absolute atomic E-state index is 12.4. The zero-order valence-electron chi connectivity index (χ0n) is 12.7. The Hall–Kier alpha value is -0.660. The second-order valence-corrected chi connectivity index (χ2v) is 6.84. The van der Waals surface area contributed by atoms with E-state index in [9.17, 15) is 8.42 Å². The van der Waals surface area contributed by atoms with E-state index < -0.39 is 10.0 Å². The minimum atomic E-state index is -3.56.